The Labute approximate surface area is 177 Å². The molecule has 1 N–H and O–H groups in total. The van der Waals surface area contributed by atoms with Gasteiger partial charge in [-0.25, -0.2) is 8.42 Å². The molecule has 0 unspecified atom stereocenters. The van der Waals surface area contributed by atoms with Gasteiger partial charge < -0.3 is 10.1 Å². The van der Waals surface area contributed by atoms with Crippen molar-refractivity contribution >= 4 is 27.5 Å². The third-order valence-corrected chi connectivity index (χ3v) is 6.00. The number of rotatable bonds is 9. The van der Waals surface area contributed by atoms with Gasteiger partial charge in [-0.2, -0.15) is 17.5 Å². The van der Waals surface area contributed by atoms with Crippen molar-refractivity contribution in [1.82, 2.24) is 9.62 Å². The molecule has 2 aromatic rings. The summed E-state index contributed by atoms with van der Waals surface area (Å²) < 4.78 is 66.6. The number of sulfonamides is 1. The normalized spacial score (nSPS) is 12.2. The van der Waals surface area contributed by atoms with E-state index in [2.05, 4.69) is 10.1 Å². The van der Waals surface area contributed by atoms with Gasteiger partial charge in [0.2, 0.25) is 15.9 Å². The molecule has 0 aromatic heterocycles. The Morgan fingerprint density at radius 3 is 2.20 bits per heavy atom. The van der Waals surface area contributed by atoms with Gasteiger partial charge in [0.25, 0.3) is 0 Å². The van der Waals surface area contributed by atoms with Crippen LogP contribution in [0, 0.1) is 0 Å². The fourth-order valence-electron chi connectivity index (χ4n) is 2.37. The fourth-order valence-corrected chi connectivity index (χ4v) is 3.62. The van der Waals surface area contributed by atoms with E-state index in [4.69, 9.17) is 11.6 Å². The number of nitrogens with one attached hydrogen (secondary N) is 1. The zero-order valence-electron chi connectivity index (χ0n) is 15.9. The molecule has 164 valence electrons. The number of nitrogens with zero attached hydrogens (tertiary/aromatic N) is 1. The summed E-state index contributed by atoms with van der Waals surface area (Å²) >= 11 is 5.75. The van der Waals surface area contributed by atoms with Gasteiger partial charge in [0, 0.05) is 18.6 Å². The van der Waals surface area contributed by atoms with Crippen LogP contribution in [0.25, 0.3) is 0 Å². The third kappa shape index (κ3) is 7.60. The number of amides is 1. The van der Waals surface area contributed by atoms with Crippen molar-refractivity contribution in [3.05, 3.63) is 64.7 Å². The highest BCUT2D eigenvalue weighted by atomic mass is 35.5. The lowest BCUT2D eigenvalue weighted by molar-refractivity contribution is -0.176. The van der Waals surface area contributed by atoms with E-state index in [-0.39, 0.29) is 24.6 Å². The van der Waals surface area contributed by atoms with Gasteiger partial charge in [0.05, 0.1) is 18.0 Å². The Morgan fingerprint density at radius 1 is 1.07 bits per heavy atom. The Hall–Kier alpha value is -2.14. The number of carbonyl (C=O) groups excluding carboxylic acids is 1. The molecule has 1 amide bonds. The second-order valence-electron chi connectivity index (χ2n) is 6.42. The van der Waals surface area contributed by atoms with Crippen LogP contribution in [-0.2, 0) is 32.7 Å². The van der Waals surface area contributed by atoms with Crippen molar-refractivity contribution in [2.24, 2.45) is 0 Å². The minimum Gasteiger partial charge on any atom is -0.367 e. The molecule has 0 saturated heterocycles. The van der Waals surface area contributed by atoms with Crippen LogP contribution < -0.4 is 5.32 Å². The number of hydrogen-bond donors (Lipinski definition) is 1. The summed E-state index contributed by atoms with van der Waals surface area (Å²) in [6, 6.07) is 12.1. The monoisotopic (exact) mass is 464 g/mol. The van der Waals surface area contributed by atoms with Gasteiger partial charge in [-0.05, 0) is 35.4 Å². The average Bonchev–Trinajstić information content (AvgIpc) is 2.66. The molecule has 0 bridgehead atoms. The lowest BCUT2D eigenvalue weighted by Gasteiger charge is -2.17. The lowest BCUT2D eigenvalue weighted by atomic mass is 10.1. The number of hydrogen-bond acceptors (Lipinski definition) is 4. The number of ether oxygens (including phenoxy) is 1. The standard InChI is InChI=1S/C19H20ClF3N2O4S/c1-25(30(27,28)17-8-6-16(20)7-9-17)11-18(26)24-10-14-2-4-15(5-3-14)12-29-13-19(21,22)23/h2-9H,10-13H2,1H3,(H,24,26). The Bertz CT molecular complexity index is 949. The Kier molecular flexibility index (Phi) is 8.25. The van der Waals surface area contributed by atoms with Crippen LogP contribution in [0.2, 0.25) is 5.02 Å². The topological polar surface area (TPSA) is 75.7 Å². The van der Waals surface area contributed by atoms with Crippen LogP contribution in [0.5, 0.6) is 0 Å². The lowest BCUT2D eigenvalue weighted by Crippen LogP contribution is -2.38. The minimum absolute atomic E-state index is 0.0190. The second-order valence-corrected chi connectivity index (χ2v) is 8.90. The first kappa shape index (κ1) is 24.1. The van der Waals surface area contributed by atoms with Crippen LogP contribution in [0.3, 0.4) is 0 Å². The first-order valence-electron chi connectivity index (χ1n) is 8.68. The molecular formula is C19H20ClF3N2O4S. The number of likely N-dealkylation sites (N-methyl/N-ethyl adjacent to an activating group) is 1. The maximum Gasteiger partial charge on any atom is 0.411 e. The van der Waals surface area contributed by atoms with Crippen molar-refractivity contribution < 1.29 is 31.1 Å². The van der Waals surface area contributed by atoms with Gasteiger partial charge in [-0.1, -0.05) is 35.9 Å². The van der Waals surface area contributed by atoms with Crippen molar-refractivity contribution in [2.45, 2.75) is 24.2 Å². The van der Waals surface area contributed by atoms with E-state index in [0.29, 0.717) is 16.1 Å². The third-order valence-electron chi connectivity index (χ3n) is 3.94. The molecular weight excluding hydrogens is 445 g/mol. The summed E-state index contributed by atoms with van der Waals surface area (Å²) in [7, 11) is -2.55. The first-order valence-corrected chi connectivity index (χ1v) is 10.5. The average molecular weight is 465 g/mol. The zero-order valence-corrected chi connectivity index (χ0v) is 17.5. The molecule has 11 heteroatoms. The van der Waals surface area contributed by atoms with Crippen LogP contribution in [0.4, 0.5) is 13.2 Å². The van der Waals surface area contributed by atoms with E-state index in [0.717, 1.165) is 4.31 Å². The molecule has 0 fully saturated rings. The van der Waals surface area contributed by atoms with Gasteiger partial charge in [0.15, 0.2) is 0 Å². The summed E-state index contributed by atoms with van der Waals surface area (Å²) in [6.45, 7) is -1.75. The molecule has 0 saturated carbocycles. The number of carbonyl (C=O) groups is 1. The van der Waals surface area contributed by atoms with Gasteiger partial charge in [-0.15, -0.1) is 0 Å². The first-order chi connectivity index (χ1) is 14.0. The van der Waals surface area contributed by atoms with Crippen LogP contribution >= 0.6 is 11.6 Å². The predicted molar refractivity (Wildman–Crippen MR) is 105 cm³/mol. The molecule has 2 rings (SSSR count). The molecule has 30 heavy (non-hydrogen) atoms. The van der Waals surface area contributed by atoms with Gasteiger partial charge in [0.1, 0.15) is 6.61 Å². The maximum atomic E-state index is 12.5. The summed E-state index contributed by atoms with van der Waals surface area (Å²) in [6.07, 6.45) is -4.38. The highest BCUT2D eigenvalue weighted by Crippen LogP contribution is 2.18. The smallest absolute Gasteiger partial charge is 0.367 e. The summed E-state index contributed by atoms with van der Waals surface area (Å²) in [5.74, 6) is -0.507. The van der Waals surface area contributed by atoms with E-state index in [1.54, 1.807) is 24.3 Å². The van der Waals surface area contributed by atoms with Crippen molar-refractivity contribution in [2.75, 3.05) is 20.2 Å². The van der Waals surface area contributed by atoms with E-state index >= 15 is 0 Å². The number of benzene rings is 2. The molecule has 0 radical (unpaired) electrons. The van der Waals surface area contributed by atoms with Crippen molar-refractivity contribution in [3.63, 3.8) is 0 Å². The SMILES string of the molecule is CN(CC(=O)NCc1ccc(COCC(F)(F)F)cc1)S(=O)(=O)c1ccc(Cl)cc1. The Morgan fingerprint density at radius 2 is 1.63 bits per heavy atom. The van der Waals surface area contributed by atoms with Crippen LogP contribution in [0.15, 0.2) is 53.4 Å². The van der Waals surface area contributed by atoms with Crippen LogP contribution in [-0.4, -0.2) is 45.0 Å². The van der Waals surface area contributed by atoms with E-state index < -0.39 is 28.7 Å². The largest absolute Gasteiger partial charge is 0.411 e. The molecule has 6 nitrogen and oxygen atoms in total. The van der Waals surface area contributed by atoms with Crippen molar-refractivity contribution in [3.8, 4) is 0 Å². The molecule has 0 atom stereocenters. The zero-order chi connectivity index (χ0) is 22.4. The minimum atomic E-state index is -4.38. The highest BCUT2D eigenvalue weighted by Gasteiger charge is 2.27. The molecule has 0 heterocycles. The molecule has 0 aliphatic heterocycles. The number of alkyl halides is 3. The highest BCUT2D eigenvalue weighted by molar-refractivity contribution is 7.89. The van der Waals surface area contributed by atoms with Crippen LogP contribution in [0.1, 0.15) is 11.1 Å². The quantitative estimate of drug-likeness (QED) is 0.617. The van der Waals surface area contributed by atoms with Gasteiger partial charge in [-0.3, -0.25) is 4.79 Å². The number of halogens is 4. The molecule has 0 aliphatic rings. The maximum absolute atomic E-state index is 12.5. The van der Waals surface area contributed by atoms with Gasteiger partial charge >= 0.3 is 6.18 Å². The summed E-state index contributed by atoms with van der Waals surface area (Å²) in [4.78, 5) is 12.1. The van der Waals surface area contributed by atoms with E-state index in [1.165, 1.54) is 31.3 Å². The molecule has 0 spiro atoms. The van der Waals surface area contributed by atoms with E-state index in [9.17, 15) is 26.4 Å². The predicted octanol–water partition coefficient (Wildman–Crippen LogP) is 3.36. The fraction of sp³-hybridized carbons (Fsp3) is 0.316. The summed E-state index contributed by atoms with van der Waals surface area (Å²) in [5, 5.41) is 2.99. The molecule has 2 aromatic carbocycles. The molecule has 0 aliphatic carbocycles. The Balaban J connectivity index is 1.83. The summed E-state index contributed by atoms with van der Waals surface area (Å²) in [5.41, 5.74) is 1.26. The van der Waals surface area contributed by atoms with E-state index in [1.807, 2.05) is 0 Å². The van der Waals surface area contributed by atoms with Crippen molar-refractivity contribution in [1.29, 1.82) is 0 Å². The second kappa shape index (κ2) is 10.3.